The SMILES string of the molecule is CCOc1ccccc1-n1c(C(C)N(Cc2ccccc2)C(=O)CCl)nc2ccccc2c1=O. The second-order valence-electron chi connectivity index (χ2n) is 7.85. The lowest BCUT2D eigenvalue weighted by atomic mass is 10.1. The number of hydrogen-bond donors (Lipinski definition) is 0. The molecule has 7 heteroatoms. The molecule has 1 atom stereocenters. The average Bonchev–Trinajstić information content (AvgIpc) is 2.88. The first kappa shape index (κ1) is 23.5. The molecule has 1 amide bonds. The van der Waals surface area contributed by atoms with E-state index in [-0.39, 0.29) is 17.3 Å². The first-order valence-corrected chi connectivity index (χ1v) is 11.7. The van der Waals surface area contributed by atoms with Crippen LogP contribution in [0, 0.1) is 0 Å². The van der Waals surface area contributed by atoms with Gasteiger partial charge in [0.1, 0.15) is 17.5 Å². The monoisotopic (exact) mass is 475 g/mol. The van der Waals surface area contributed by atoms with Crippen LogP contribution in [0.25, 0.3) is 16.6 Å². The summed E-state index contributed by atoms with van der Waals surface area (Å²) in [6.45, 7) is 4.54. The van der Waals surface area contributed by atoms with E-state index in [4.69, 9.17) is 21.3 Å². The molecule has 4 rings (SSSR count). The standard InChI is InChI=1S/C27H26ClN3O3/c1-3-34-24-16-10-9-15-23(24)31-26(29-22-14-8-7-13-21(22)27(31)33)19(2)30(25(32)17-28)18-20-11-5-4-6-12-20/h4-16,19H,3,17-18H2,1-2H3. The number of fused-ring (bicyclic) bond motifs is 1. The molecule has 174 valence electrons. The maximum Gasteiger partial charge on any atom is 0.266 e. The highest BCUT2D eigenvalue weighted by atomic mass is 35.5. The number of carbonyl (C=O) groups excluding carboxylic acids is 1. The largest absolute Gasteiger partial charge is 0.492 e. The molecule has 0 aliphatic heterocycles. The molecule has 1 unspecified atom stereocenters. The molecule has 1 heterocycles. The van der Waals surface area contributed by atoms with Crippen LogP contribution < -0.4 is 10.3 Å². The van der Waals surface area contributed by atoms with Gasteiger partial charge in [0.15, 0.2) is 0 Å². The van der Waals surface area contributed by atoms with Crippen LogP contribution in [-0.2, 0) is 11.3 Å². The van der Waals surface area contributed by atoms with Crippen molar-refractivity contribution in [2.75, 3.05) is 12.5 Å². The van der Waals surface area contributed by atoms with Crippen LogP contribution in [0.1, 0.15) is 31.3 Å². The van der Waals surface area contributed by atoms with Gasteiger partial charge in [0.05, 0.1) is 29.2 Å². The highest BCUT2D eigenvalue weighted by Gasteiger charge is 2.27. The zero-order chi connectivity index (χ0) is 24.1. The van der Waals surface area contributed by atoms with E-state index in [1.807, 2.05) is 80.6 Å². The summed E-state index contributed by atoms with van der Waals surface area (Å²) < 4.78 is 7.38. The molecule has 0 fully saturated rings. The fourth-order valence-corrected chi connectivity index (χ4v) is 4.17. The normalized spacial score (nSPS) is 11.9. The summed E-state index contributed by atoms with van der Waals surface area (Å²) >= 11 is 5.99. The van der Waals surface area contributed by atoms with Crippen molar-refractivity contribution >= 4 is 28.4 Å². The summed E-state index contributed by atoms with van der Waals surface area (Å²) in [5.74, 6) is 0.580. The number of amides is 1. The number of benzene rings is 3. The van der Waals surface area contributed by atoms with Gasteiger partial charge in [-0.2, -0.15) is 0 Å². The first-order chi connectivity index (χ1) is 16.5. The second-order valence-corrected chi connectivity index (χ2v) is 8.11. The minimum absolute atomic E-state index is 0.176. The van der Waals surface area contributed by atoms with Gasteiger partial charge < -0.3 is 9.64 Å². The third-order valence-corrected chi connectivity index (χ3v) is 5.91. The molecule has 0 aliphatic carbocycles. The van der Waals surface area contributed by atoms with Crippen LogP contribution in [-0.4, -0.2) is 32.8 Å². The van der Waals surface area contributed by atoms with E-state index in [0.717, 1.165) is 5.56 Å². The van der Waals surface area contributed by atoms with Gasteiger partial charge in [-0.25, -0.2) is 4.98 Å². The Hall–Kier alpha value is -3.64. The Bertz CT molecular complexity index is 1350. The van der Waals surface area contributed by atoms with E-state index in [1.165, 1.54) is 0 Å². The molecule has 0 saturated carbocycles. The molecule has 6 nitrogen and oxygen atoms in total. The Balaban J connectivity index is 1.94. The predicted octanol–water partition coefficient (Wildman–Crippen LogP) is 5.11. The van der Waals surface area contributed by atoms with Crippen molar-refractivity contribution < 1.29 is 9.53 Å². The van der Waals surface area contributed by atoms with Crippen molar-refractivity contribution in [1.82, 2.24) is 14.5 Å². The topological polar surface area (TPSA) is 64.4 Å². The van der Waals surface area contributed by atoms with E-state index in [2.05, 4.69) is 0 Å². The van der Waals surface area contributed by atoms with E-state index < -0.39 is 6.04 Å². The zero-order valence-corrected chi connectivity index (χ0v) is 19.9. The van der Waals surface area contributed by atoms with Gasteiger partial charge in [-0.05, 0) is 43.7 Å². The lowest BCUT2D eigenvalue weighted by Gasteiger charge is -2.30. The lowest BCUT2D eigenvalue weighted by molar-refractivity contribution is -0.131. The maximum atomic E-state index is 13.8. The number of carbonyl (C=O) groups is 1. The number of aromatic nitrogens is 2. The van der Waals surface area contributed by atoms with Gasteiger partial charge in [0, 0.05) is 6.54 Å². The molecular weight excluding hydrogens is 450 g/mol. The van der Waals surface area contributed by atoms with Crippen molar-refractivity contribution in [3.63, 3.8) is 0 Å². The first-order valence-electron chi connectivity index (χ1n) is 11.2. The number of para-hydroxylation sites is 3. The molecule has 34 heavy (non-hydrogen) atoms. The van der Waals surface area contributed by atoms with E-state index in [0.29, 0.717) is 41.3 Å². The number of halogens is 1. The van der Waals surface area contributed by atoms with Crippen LogP contribution in [0.4, 0.5) is 0 Å². The molecular formula is C27H26ClN3O3. The third kappa shape index (κ3) is 4.68. The third-order valence-electron chi connectivity index (χ3n) is 5.68. The molecule has 0 spiro atoms. The highest BCUT2D eigenvalue weighted by Crippen LogP contribution is 2.28. The van der Waals surface area contributed by atoms with Gasteiger partial charge in [-0.3, -0.25) is 14.2 Å². The van der Waals surface area contributed by atoms with Crippen molar-refractivity contribution in [2.24, 2.45) is 0 Å². The number of ether oxygens (including phenoxy) is 1. The Morgan fingerprint density at radius 2 is 1.71 bits per heavy atom. The van der Waals surface area contributed by atoms with Crippen LogP contribution >= 0.6 is 11.6 Å². The Morgan fingerprint density at radius 3 is 2.44 bits per heavy atom. The molecule has 0 N–H and O–H groups in total. The van der Waals surface area contributed by atoms with Gasteiger partial charge in [0.25, 0.3) is 5.56 Å². The number of rotatable bonds is 8. The Morgan fingerprint density at radius 1 is 1.03 bits per heavy atom. The molecule has 0 radical (unpaired) electrons. The summed E-state index contributed by atoms with van der Waals surface area (Å²) in [5.41, 5.74) is 1.87. The number of alkyl halides is 1. The van der Waals surface area contributed by atoms with Gasteiger partial charge in [0.2, 0.25) is 5.91 Å². The second kappa shape index (κ2) is 10.5. The molecule has 1 aromatic heterocycles. The number of nitrogens with zero attached hydrogens (tertiary/aromatic N) is 3. The summed E-state index contributed by atoms with van der Waals surface area (Å²) in [6.07, 6.45) is 0. The molecule has 0 saturated heterocycles. The molecule has 0 bridgehead atoms. The van der Waals surface area contributed by atoms with E-state index >= 15 is 0 Å². The highest BCUT2D eigenvalue weighted by molar-refractivity contribution is 6.27. The fourth-order valence-electron chi connectivity index (χ4n) is 4.02. The molecule has 0 aliphatic rings. The Labute approximate surface area is 203 Å². The zero-order valence-electron chi connectivity index (χ0n) is 19.1. The molecule has 3 aromatic carbocycles. The van der Waals surface area contributed by atoms with Crippen LogP contribution in [0.3, 0.4) is 0 Å². The lowest BCUT2D eigenvalue weighted by Crippen LogP contribution is -2.37. The van der Waals surface area contributed by atoms with Crippen LogP contribution in [0.5, 0.6) is 5.75 Å². The van der Waals surface area contributed by atoms with Gasteiger partial charge >= 0.3 is 0 Å². The van der Waals surface area contributed by atoms with E-state index in [1.54, 1.807) is 21.6 Å². The summed E-state index contributed by atoms with van der Waals surface area (Å²) in [7, 11) is 0. The minimum atomic E-state index is -0.543. The van der Waals surface area contributed by atoms with Crippen LogP contribution in [0.2, 0.25) is 0 Å². The van der Waals surface area contributed by atoms with E-state index in [9.17, 15) is 9.59 Å². The number of hydrogen-bond acceptors (Lipinski definition) is 4. The quantitative estimate of drug-likeness (QED) is 0.332. The maximum absolute atomic E-state index is 13.8. The summed E-state index contributed by atoms with van der Waals surface area (Å²) in [6, 6.07) is 23.7. The predicted molar refractivity (Wildman–Crippen MR) is 135 cm³/mol. The summed E-state index contributed by atoms with van der Waals surface area (Å²) in [4.78, 5) is 33.2. The minimum Gasteiger partial charge on any atom is -0.492 e. The van der Waals surface area contributed by atoms with Crippen molar-refractivity contribution in [1.29, 1.82) is 0 Å². The Kier molecular flexibility index (Phi) is 7.28. The van der Waals surface area contributed by atoms with Crippen molar-refractivity contribution in [3.8, 4) is 11.4 Å². The van der Waals surface area contributed by atoms with Crippen LogP contribution in [0.15, 0.2) is 83.7 Å². The van der Waals surface area contributed by atoms with Crippen molar-refractivity contribution in [2.45, 2.75) is 26.4 Å². The molecule has 4 aromatic rings. The average molecular weight is 476 g/mol. The fraction of sp³-hybridized carbons (Fsp3) is 0.222. The van der Waals surface area contributed by atoms with Crippen molar-refractivity contribution in [3.05, 3.63) is 101 Å². The summed E-state index contributed by atoms with van der Waals surface area (Å²) in [5, 5.41) is 0.489. The van der Waals surface area contributed by atoms with Gasteiger partial charge in [-0.1, -0.05) is 54.6 Å². The smallest absolute Gasteiger partial charge is 0.266 e. The van der Waals surface area contributed by atoms with Gasteiger partial charge in [-0.15, -0.1) is 11.6 Å².